The number of methoxy groups -OCH3 is 1. The second kappa shape index (κ2) is 5.76. The van der Waals surface area contributed by atoms with Crippen molar-refractivity contribution in [3.8, 4) is 17.6 Å². The van der Waals surface area contributed by atoms with Crippen LogP contribution in [-0.4, -0.2) is 18.1 Å². The fourth-order valence-electron chi connectivity index (χ4n) is 1.69. The standard InChI is InChI=1S/C15H12N2O3/c1-20-12-5-6-14(18)13(8-12)15(19)17-11-4-2-3-10(7-11)9-16/h2-8,18H,1H3,(H,17,19). The number of phenolic OH excluding ortho intramolecular Hbond substituents is 1. The van der Waals surface area contributed by atoms with E-state index in [2.05, 4.69) is 5.32 Å². The molecule has 2 aromatic carbocycles. The van der Waals surface area contributed by atoms with Gasteiger partial charge in [0.05, 0.1) is 24.3 Å². The Kier molecular flexibility index (Phi) is 3.87. The van der Waals surface area contributed by atoms with Crippen LogP contribution in [0.3, 0.4) is 0 Å². The Balaban J connectivity index is 2.26. The lowest BCUT2D eigenvalue weighted by molar-refractivity contribution is 0.102. The Morgan fingerprint density at radius 3 is 2.80 bits per heavy atom. The third-order valence-corrected chi connectivity index (χ3v) is 2.70. The number of nitrogens with one attached hydrogen (secondary N) is 1. The minimum absolute atomic E-state index is 0.103. The summed E-state index contributed by atoms with van der Waals surface area (Å²) in [7, 11) is 1.48. The number of anilines is 1. The fourth-order valence-corrected chi connectivity index (χ4v) is 1.69. The summed E-state index contributed by atoms with van der Waals surface area (Å²) in [6, 6.07) is 12.9. The van der Waals surface area contributed by atoms with Gasteiger partial charge < -0.3 is 15.2 Å². The zero-order chi connectivity index (χ0) is 14.5. The van der Waals surface area contributed by atoms with Crippen molar-refractivity contribution in [3.63, 3.8) is 0 Å². The van der Waals surface area contributed by atoms with E-state index in [9.17, 15) is 9.90 Å². The molecular formula is C15H12N2O3. The molecule has 0 bridgehead atoms. The number of ether oxygens (including phenoxy) is 1. The Morgan fingerprint density at radius 2 is 2.10 bits per heavy atom. The summed E-state index contributed by atoms with van der Waals surface area (Å²) >= 11 is 0. The summed E-state index contributed by atoms with van der Waals surface area (Å²) in [6.45, 7) is 0. The molecule has 2 N–H and O–H groups in total. The van der Waals surface area contributed by atoms with Crippen molar-refractivity contribution in [2.24, 2.45) is 0 Å². The summed E-state index contributed by atoms with van der Waals surface area (Å²) in [5, 5.41) is 21.1. The van der Waals surface area contributed by atoms with Gasteiger partial charge in [0.25, 0.3) is 5.91 Å². The molecule has 0 saturated heterocycles. The Bertz CT molecular complexity index is 690. The van der Waals surface area contributed by atoms with Gasteiger partial charge in [-0.2, -0.15) is 5.26 Å². The van der Waals surface area contributed by atoms with Crippen LogP contribution in [0.5, 0.6) is 11.5 Å². The topological polar surface area (TPSA) is 82.3 Å². The molecule has 0 aliphatic rings. The number of benzene rings is 2. The molecule has 100 valence electrons. The summed E-state index contributed by atoms with van der Waals surface area (Å²) < 4.78 is 5.01. The normalized spacial score (nSPS) is 9.60. The van der Waals surface area contributed by atoms with Gasteiger partial charge in [-0.3, -0.25) is 4.79 Å². The monoisotopic (exact) mass is 268 g/mol. The van der Waals surface area contributed by atoms with Gasteiger partial charge in [-0.15, -0.1) is 0 Å². The molecule has 0 aliphatic carbocycles. The second-order valence-electron chi connectivity index (χ2n) is 4.03. The first kappa shape index (κ1) is 13.4. The molecule has 0 aliphatic heterocycles. The average molecular weight is 268 g/mol. The summed E-state index contributed by atoms with van der Waals surface area (Å²) in [4.78, 5) is 12.1. The molecular weight excluding hydrogens is 256 g/mol. The number of nitrogens with zero attached hydrogens (tertiary/aromatic N) is 1. The van der Waals surface area contributed by atoms with Crippen molar-refractivity contribution >= 4 is 11.6 Å². The van der Waals surface area contributed by atoms with E-state index in [0.29, 0.717) is 17.0 Å². The Hall–Kier alpha value is -3.00. The van der Waals surface area contributed by atoms with Gasteiger partial charge in [-0.05, 0) is 36.4 Å². The lowest BCUT2D eigenvalue weighted by atomic mass is 10.1. The average Bonchev–Trinajstić information content (AvgIpc) is 2.47. The minimum Gasteiger partial charge on any atom is -0.507 e. The number of nitriles is 1. The lowest BCUT2D eigenvalue weighted by Gasteiger charge is -2.08. The summed E-state index contributed by atoms with van der Waals surface area (Å²) in [5.74, 6) is -0.144. The highest BCUT2D eigenvalue weighted by Gasteiger charge is 2.12. The van der Waals surface area contributed by atoms with Gasteiger partial charge in [0.15, 0.2) is 0 Å². The van der Waals surface area contributed by atoms with Crippen LogP contribution >= 0.6 is 0 Å². The van der Waals surface area contributed by atoms with Crippen molar-refractivity contribution in [2.75, 3.05) is 12.4 Å². The number of rotatable bonds is 3. The molecule has 0 heterocycles. The maximum Gasteiger partial charge on any atom is 0.259 e. The van der Waals surface area contributed by atoms with Gasteiger partial charge in [0.2, 0.25) is 0 Å². The number of amides is 1. The molecule has 1 amide bonds. The predicted octanol–water partition coefficient (Wildman–Crippen LogP) is 2.52. The highest BCUT2D eigenvalue weighted by atomic mass is 16.5. The third-order valence-electron chi connectivity index (χ3n) is 2.70. The SMILES string of the molecule is COc1ccc(O)c(C(=O)Nc2cccc(C#N)c2)c1. The number of carbonyl (C=O) groups is 1. The van der Waals surface area contributed by atoms with Crippen molar-refractivity contribution in [3.05, 3.63) is 53.6 Å². The van der Waals surface area contributed by atoms with E-state index in [0.717, 1.165) is 0 Å². The van der Waals surface area contributed by atoms with Crippen molar-refractivity contribution in [1.82, 2.24) is 0 Å². The Morgan fingerprint density at radius 1 is 1.30 bits per heavy atom. The highest BCUT2D eigenvalue weighted by molar-refractivity contribution is 6.06. The molecule has 0 aromatic heterocycles. The van der Waals surface area contributed by atoms with E-state index in [1.807, 2.05) is 6.07 Å². The maximum atomic E-state index is 12.1. The van der Waals surface area contributed by atoms with E-state index < -0.39 is 5.91 Å². The molecule has 0 radical (unpaired) electrons. The van der Waals surface area contributed by atoms with Crippen LogP contribution < -0.4 is 10.1 Å². The second-order valence-corrected chi connectivity index (χ2v) is 4.03. The van der Waals surface area contributed by atoms with Gasteiger partial charge in [-0.25, -0.2) is 0 Å². The zero-order valence-corrected chi connectivity index (χ0v) is 10.8. The fraction of sp³-hybridized carbons (Fsp3) is 0.0667. The van der Waals surface area contributed by atoms with Gasteiger partial charge in [0.1, 0.15) is 11.5 Å². The van der Waals surface area contributed by atoms with Gasteiger partial charge in [-0.1, -0.05) is 6.07 Å². The van der Waals surface area contributed by atoms with Gasteiger partial charge in [0, 0.05) is 5.69 Å². The smallest absolute Gasteiger partial charge is 0.259 e. The van der Waals surface area contributed by atoms with Crippen molar-refractivity contribution in [2.45, 2.75) is 0 Å². The zero-order valence-electron chi connectivity index (χ0n) is 10.8. The maximum absolute atomic E-state index is 12.1. The number of phenols is 1. The van der Waals surface area contributed by atoms with Crippen molar-refractivity contribution < 1.29 is 14.6 Å². The molecule has 0 unspecified atom stereocenters. The molecule has 5 heteroatoms. The van der Waals surface area contributed by atoms with Crippen LogP contribution in [0.25, 0.3) is 0 Å². The lowest BCUT2D eigenvalue weighted by Crippen LogP contribution is -2.12. The first-order chi connectivity index (χ1) is 9.63. The number of hydrogen-bond acceptors (Lipinski definition) is 4. The van der Waals surface area contributed by atoms with Crippen LogP contribution in [0.1, 0.15) is 15.9 Å². The summed E-state index contributed by atoms with van der Waals surface area (Å²) in [6.07, 6.45) is 0. The van der Waals surface area contributed by atoms with E-state index in [1.54, 1.807) is 30.3 Å². The largest absolute Gasteiger partial charge is 0.507 e. The molecule has 0 spiro atoms. The molecule has 0 atom stereocenters. The van der Waals surface area contributed by atoms with Crippen LogP contribution in [0.15, 0.2) is 42.5 Å². The van der Waals surface area contributed by atoms with Crippen LogP contribution in [0.4, 0.5) is 5.69 Å². The molecule has 0 saturated carbocycles. The van der Waals surface area contributed by atoms with E-state index in [4.69, 9.17) is 10.00 Å². The predicted molar refractivity (Wildman–Crippen MR) is 73.8 cm³/mol. The van der Waals surface area contributed by atoms with Gasteiger partial charge >= 0.3 is 0 Å². The van der Waals surface area contributed by atoms with Crippen LogP contribution in [-0.2, 0) is 0 Å². The third kappa shape index (κ3) is 2.87. The molecule has 2 aromatic rings. The molecule has 0 fully saturated rings. The van der Waals surface area contributed by atoms with Crippen LogP contribution in [0.2, 0.25) is 0 Å². The van der Waals surface area contributed by atoms with Crippen molar-refractivity contribution in [1.29, 1.82) is 5.26 Å². The van der Waals surface area contributed by atoms with E-state index in [-0.39, 0.29) is 11.3 Å². The van der Waals surface area contributed by atoms with E-state index in [1.165, 1.54) is 19.2 Å². The first-order valence-electron chi connectivity index (χ1n) is 5.82. The number of carbonyl (C=O) groups excluding carboxylic acids is 1. The highest BCUT2D eigenvalue weighted by Crippen LogP contribution is 2.24. The minimum atomic E-state index is -0.475. The van der Waals surface area contributed by atoms with Crippen LogP contribution in [0, 0.1) is 11.3 Å². The molecule has 2 rings (SSSR count). The Labute approximate surface area is 116 Å². The van der Waals surface area contributed by atoms with E-state index >= 15 is 0 Å². The first-order valence-corrected chi connectivity index (χ1v) is 5.82. The molecule has 5 nitrogen and oxygen atoms in total. The molecule has 20 heavy (non-hydrogen) atoms. The quantitative estimate of drug-likeness (QED) is 0.896. The number of aromatic hydroxyl groups is 1. The number of hydrogen-bond donors (Lipinski definition) is 2. The summed E-state index contributed by atoms with van der Waals surface area (Å²) in [5.41, 5.74) is 1.03.